The third kappa shape index (κ3) is 7.68. The topological polar surface area (TPSA) is 96.0 Å². The number of ether oxygens (including phenoxy) is 1. The van der Waals surface area contributed by atoms with E-state index in [0.717, 1.165) is 4.31 Å². The molecule has 1 N–H and O–H groups in total. The second kappa shape index (κ2) is 13.9. The molecule has 214 valence electrons. The van der Waals surface area contributed by atoms with Gasteiger partial charge in [0.1, 0.15) is 18.3 Å². The van der Waals surface area contributed by atoms with E-state index < -0.39 is 28.5 Å². The molecule has 11 heteroatoms. The van der Waals surface area contributed by atoms with E-state index in [9.17, 15) is 18.0 Å². The molecule has 0 aliphatic heterocycles. The van der Waals surface area contributed by atoms with Crippen LogP contribution in [0, 0.1) is 0 Å². The Morgan fingerprint density at radius 3 is 2.27 bits per heavy atom. The lowest BCUT2D eigenvalue weighted by Gasteiger charge is -2.33. The third-order valence-electron chi connectivity index (χ3n) is 6.09. The minimum absolute atomic E-state index is 0.0160. The summed E-state index contributed by atoms with van der Waals surface area (Å²) in [5.41, 5.74) is 0.801. The van der Waals surface area contributed by atoms with Crippen molar-refractivity contribution in [1.29, 1.82) is 0 Å². The first-order valence-electron chi connectivity index (χ1n) is 12.7. The van der Waals surface area contributed by atoms with E-state index in [-0.39, 0.29) is 34.1 Å². The average Bonchev–Trinajstić information content (AvgIpc) is 2.92. The van der Waals surface area contributed by atoms with Gasteiger partial charge in [-0.3, -0.25) is 13.9 Å². The van der Waals surface area contributed by atoms with Crippen molar-refractivity contribution in [1.82, 2.24) is 10.2 Å². The molecule has 0 unspecified atom stereocenters. The van der Waals surface area contributed by atoms with Crippen molar-refractivity contribution in [3.8, 4) is 5.75 Å². The number of methoxy groups -OCH3 is 1. The maximum atomic E-state index is 14.1. The Morgan fingerprint density at radius 1 is 0.975 bits per heavy atom. The Hall–Kier alpha value is -3.27. The number of hydrogen-bond acceptors (Lipinski definition) is 5. The van der Waals surface area contributed by atoms with Crippen LogP contribution >= 0.6 is 23.2 Å². The number of hydrogen-bond donors (Lipinski definition) is 1. The quantitative estimate of drug-likeness (QED) is 0.293. The van der Waals surface area contributed by atoms with Gasteiger partial charge in [0.05, 0.1) is 22.7 Å². The van der Waals surface area contributed by atoms with E-state index in [0.29, 0.717) is 22.8 Å². The summed E-state index contributed by atoms with van der Waals surface area (Å²) in [5, 5.41) is 3.24. The average molecular weight is 607 g/mol. The molecule has 2 amide bonds. The molecule has 0 radical (unpaired) electrons. The van der Waals surface area contributed by atoms with Crippen LogP contribution in [0.2, 0.25) is 10.0 Å². The summed E-state index contributed by atoms with van der Waals surface area (Å²) in [7, 11) is -2.70. The lowest BCUT2D eigenvalue weighted by atomic mass is 10.1. The predicted octanol–water partition coefficient (Wildman–Crippen LogP) is 5.53. The number of amides is 2. The van der Waals surface area contributed by atoms with Gasteiger partial charge in [0.15, 0.2) is 0 Å². The molecule has 0 bridgehead atoms. The molecular weight excluding hydrogens is 573 g/mol. The van der Waals surface area contributed by atoms with Crippen molar-refractivity contribution in [2.75, 3.05) is 18.0 Å². The number of carbonyl (C=O) groups excluding carboxylic acids is 2. The number of nitrogens with zero attached hydrogens (tertiary/aromatic N) is 2. The zero-order chi connectivity index (χ0) is 29.4. The van der Waals surface area contributed by atoms with Gasteiger partial charge in [-0.1, -0.05) is 60.5 Å². The second-order valence-electron chi connectivity index (χ2n) is 9.38. The monoisotopic (exact) mass is 605 g/mol. The molecule has 0 aliphatic carbocycles. The molecular formula is C29H33Cl2N3O5S. The lowest BCUT2D eigenvalue weighted by Crippen LogP contribution is -2.53. The molecule has 0 heterocycles. The highest BCUT2D eigenvalue weighted by Crippen LogP contribution is 2.33. The fourth-order valence-electron chi connectivity index (χ4n) is 4.18. The van der Waals surface area contributed by atoms with E-state index in [2.05, 4.69) is 5.32 Å². The largest absolute Gasteiger partial charge is 0.497 e. The van der Waals surface area contributed by atoms with Crippen LogP contribution in [-0.2, 0) is 26.2 Å². The Morgan fingerprint density at radius 2 is 1.68 bits per heavy atom. The highest BCUT2D eigenvalue weighted by molar-refractivity contribution is 7.92. The van der Waals surface area contributed by atoms with Crippen LogP contribution < -0.4 is 14.4 Å². The molecule has 0 spiro atoms. The van der Waals surface area contributed by atoms with Gasteiger partial charge in [0, 0.05) is 17.6 Å². The Balaban J connectivity index is 2.09. The zero-order valence-corrected chi connectivity index (χ0v) is 25.1. The smallest absolute Gasteiger partial charge is 0.264 e. The van der Waals surface area contributed by atoms with Crippen LogP contribution in [0.5, 0.6) is 5.75 Å². The SMILES string of the molecule is CC[C@@H](C(=O)NC(C)C)N(Cc1cccc(OC)c1)C(=O)CN(c1ccc(Cl)cc1Cl)S(=O)(=O)c1ccccc1. The molecule has 1 atom stereocenters. The summed E-state index contributed by atoms with van der Waals surface area (Å²) in [5.74, 6) is -0.333. The molecule has 0 saturated heterocycles. The second-order valence-corrected chi connectivity index (χ2v) is 12.1. The molecule has 40 heavy (non-hydrogen) atoms. The normalized spacial score (nSPS) is 12.1. The summed E-state index contributed by atoms with van der Waals surface area (Å²) in [6.07, 6.45) is 0.307. The van der Waals surface area contributed by atoms with Gasteiger partial charge in [-0.15, -0.1) is 0 Å². The summed E-state index contributed by atoms with van der Waals surface area (Å²) in [6, 6.07) is 18.2. The molecule has 0 aliphatic rings. The lowest BCUT2D eigenvalue weighted by molar-refractivity contribution is -0.140. The molecule has 0 aromatic heterocycles. The van der Waals surface area contributed by atoms with E-state index in [1.54, 1.807) is 43.3 Å². The number of benzene rings is 3. The van der Waals surface area contributed by atoms with Crippen LogP contribution in [0.3, 0.4) is 0 Å². The van der Waals surface area contributed by atoms with Gasteiger partial charge in [-0.05, 0) is 68.3 Å². The van der Waals surface area contributed by atoms with E-state index >= 15 is 0 Å². The van der Waals surface area contributed by atoms with Gasteiger partial charge in [-0.25, -0.2) is 8.42 Å². The number of anilines is 1. The van der Waals surface area contributed by atoms with Crippen LogP contribution in [0.15, 0.2) is 77.7 Å². The number of rotatable bonds is 12. The van der Waals surface area contributed by atoms with Gasteiger partial charge in [-0.2, -0.15) is 0 Å². The highest BCUT2D eigenvalue weighted by Gasteiger charge is 2.34. The minimum Gasteiger partial charge on any atom is -0.497 e. The molecule has 0 fully saturated rings. The van der Waals surface area contributed by atoms with Crippen molar-refractivity contribution in [3.63, 3.8) is 0 Å². The molecule has 3 aromatic rings. The van der Waals surface area contributed by atoms with E-state index in [1.165, 1.54) is 42.3 Å². The molecule has 0 saturated carbocycles. The first kappa shape index (κ1) is 31.3. The summed E-state index contributed by atoms with van der Waals surface area (Å²) in [6.45, 7) is 4.90. The fraction of sp³-hybridized carbons (Fsp3) is 0.310. The van der Waals surface area contributed by atoms with Crippen LogP contribution in [0.1, 0.15) is 32.8 Å². The highest BCUT2D eigenvalue weighted by atomic mass is 35.5. The third-order valence-corrected chi connectivity index (χ3v) is 8.40. The van der Waals surface area contributed by atoms with Crippen molar-refractivity contribution in [3.05, 3.63) is 88.4 Å². The summed E-state index contributed by atoms with van der Waals surface area (Å²) < 4.78 is 34.0. The maximum absolute atomic E-state index is 14.1. The molecule has 8 nitrogen and oxygen atoms in total. The Labute approximate surface area is 245 Å². The van der Waals surface area contributed by atoms with Crippen molar-refractivity contribution in [2.24, 2.45) is 0 Å². The van der Waals surface area contributed by atoms with Crippen molar-refractivity contribution in [2.45, 2.75) is 50.7 Å². The van der Waals surface area contributed by atoms with Crippen LogP contribution in [0.25, 0.3) is 0 Å². The van der Waals surface area contributed by atoms with E-state index in [1.807, 2.05) is 19.9 Å². The number of sulfonamides is 1. The van der Waals surface area contributed by atoms with Gasteiger partial charge >= 0.3 is 0 Å². The maximum Gasteiger partial charge on any atom is 0.264 e. The minimum atomic E-state index is -4.24. The standard InChI is InChI=1S/C29H33Cl2N3O5S/c1-5-26(29(36)32-20(2)3)33(18-21-10-9-11-23(16-21)39-4)28(35)19-34(27-15-14-22(30)17-25(27)31)40(37,38)24-12-7-6-8-13-24/h6-17,20,26H,5,18-19H2,1-4H3,(H,32,36)/t26-/m0/s1. The van der Waals surface area contributed by atoms with Crippen molar-refractivity contribution < 1.29 is 22.7 Å². The van der Waals surface area contributed by atoms with E-state index in [4.69, 9.17) is 27.9 Å². The van der Waals surface area contributed by atoms with Crippen LogP contribution in [0.4, 0.5) is 5.69 Å². The fourth-order valence-corrected chi connectivity index (χ4v) is 6.20. The van der Waals surface area contributed by atoms with Crippen molar-refractivity contribution >= 4 is 50.7 Å². The van der Waals surface area contributed by atoms with Gasteiger partial charge in [0.2, 0.25) is 11.8 Å². The number of halogens is 2. The van der Waals surface area contributed by atoms with Crippen LogP contribution in [-0.4, -0.2) is 50.9 Å². The number of carbonyl (C=O) groups is 2. The molecule has 3 rings (SSSR count). The van der Waals surface area contributed by atoms with Gasteiger partial charge in [0.25, 0.3) is 10.0 Å². The Kier molecular flexibility index (Phi) is 10.8. The Bertz CT molecular complexity index is 1430. The summed E-state index contributed by atoms with van der Waals surface area (Å²) in [4.78, 5) is 28.7. The zero-order valence-electron chi connectivity index (χ0n) is 22.8. The first-order chi connectivity index (χ1) is 19.0. The first-order valence-corrected chi connectivity index (χ1v) is 14.9. The number of nitrogens with one attached hydrogen (secondary N) is 1. The predicted molar refractivity (Wildman–Crippen MR) is 158 cm³/mol. The summed E-state index contributed by atoms with van der Waals surface area (Å²) >= 11 is 12.5. The molecule has 3 aromatic carbocycles. The van der Waals surface area contributed by atoms with Gasteiger partial charge < -0.3 is 15.0 Å².